The molecule has 1 aliphatic rings. The first-order valence-electron chi connectivity index (χ1n) is 6.39. The summed E-state index contributed by atoms with van der Waals surface area (Å²) in [5.41, 5.74) is -1.99. The van der Waals surface area contributed by atoms with Crippen LogP contribution in [-0.4, -0.2) is 51.8 Å². The van der Waals surface area contributed by atoms with Crippen molar-refractivity contribution >= 4 is 18.0 Å². The predicted molar refractivity (Wildman–Crippen MR) is 69.3 cm³/mol. The number of amides is 1. The minimum Gasteiger partial charge on any atom is -0.481 e. The summed E-state index contributed by atoms with van der Waals surface area (Å²) in [6.07, 6.45) is -0.687. The van der Waals surface area contributed by atoms with E-state index in [0.29, 0.717) is 0 Å². The van der Waals surface area contributed by atoms with Crippen molar-refractivity contribution in [1.29, 1.82) is 0 Å². The number of carbonyl (C=O) groups excluding carboxylic acids is 1. The first kappa shape index (κ1) is 16.3. The summed E-state index contributed by atoms with van der Waals surface area (Å²) in [7, 11) is 0. The lowest BCUT2D eigenvalue weighted by Crippen LogP contribution is -2.54. The van der Waals surface area contributed by atoms with Gasteiger partial charge in [0.25, 0.3) is 0 Å². The molecule has 0 spiro atoms. The van der Waals surface area contributed by atoms with Gasteiger partial charge in [-0.05, 0) is 34.1 Å². The molecule has 1 heterocycles. The molecule has 0 saturated carbocycles. The summed E-state index contributed by atoms with van der Waals surface area (Å²) in [5.74, 6) is -3.12. The standard InChI is InChI=1S/C13H21NO6/c1-12(2,3)20-11(19)14-6-8(9(15)16)5-13(4,7-14)10(17)18/h8H,5-7H2,1-4H3,(H,15,16)(H,17,18)/t8-,13+/m0/s1. The number of nitrogens with zero attached hydrogens (tertiary/aromatic N) is 1. The molecule has 1 aliphatic heterocycles. The summed E-state index contributed by atoms with van der Waals surface area (Å²) in [4.78, 5) is 35.7. The third-order valence-electron chi connectivity index (χ3n) is 3.19. The predicted octanol–water partition coefficient (Wildman–Crippen LogP) is 1.42. The number of carboxylic acids is 2. The highest BCUT2D eigenvalue weighted by Gasteiger charge is 2.46. The van der Waals surface area contributed by atoms with Crippen LogP contribution in [0.3, 0.4) is 0 Å². The Morgan fingerprint density at radius 3 is 2.20 bits per heavy atom. The summed E-state index contributed by atoms with van der Waals surface area (Å²) >= 11 is 0. The van der Waals surface area contributed by atoms with Gasteiger partial charge in [0, 0.05) is 13.1 Å². The maximum atomic E-state index is 12.0. The van der Waals surface area contributed by atoms with Crippen LogP contribution in [0.5, 0.6) is 0 Å². The lowest BCUT2D eigenvalue weighted by Gasteiger charge is -2.40. The van der Waals surface area contributed by atoms with E-state index in [1.807, 2.05) is 0 Å². The number of rotatable bonds is 2. The third kappa shape index (κ3) is 3.85. The summed E-state index contributed by atoms with van der Waals surface area (Å²) < 4.78 is 5.18. The van der Waals surface area contributed by atoms with Gasteiger partial charge in [0.05, 0.1) is 11.3 Å². The Balaban J connectivity index is 2.93. The van der Waals surface area contributed by atoms with Gasteiger partial charge in [-0.1, -0.05) is 0 Å². The number of ether oxygens (including phenoxy) is 1. The molecular weight excluding hydrogens is 266 g/mol. The zero-order valence-corrected chi connectivity index (χ0v) is 12.2. The van der Waals surface area contributed by atoms with Crippen LogP contribution in [-0.2, 0) is 14.3 Å². The van der Waals surface area contributed by atoms with Crippen LogP contribution in [0.1, 0.15) is 34.1 Å². The molecule has 0 aromatic carbocycles. The molecule has 1 fully saturated rings. The first-order valence-corrected chi connectivity index (χ1v) is 6.39. The summed E-state index contributed by atoms with van der Waals surface area (Å²) in [5, 5.41) is 18.4. The van der Waals surface area contributed by atoms with Gasteiger partial charge in [0.15, 0.2) is 0 Å². The van der Waals surface area contributed by atoms with Gasteiger partial charge in [-0.2, -0.15) is 0 Å². The largest absolute Gasteiger partial charge is 0.481 e. The molecule has 1 saturated heterocycles. The molecule has 0 aromatic rings. The van der Waals surface area contributed by atoms with Crippen LogP contribution in [0.2, 0.25) is 0 Å². The van der Waals surface area contributed by atoms with Crippen molar-refractivity contribution in [3.63, 3.8) is 0 Å². The number of hydrogen-bond acceptors (Lipinski definition) is 4. The highest BCUT2D eigenvalue weighted by molar-refractivity contribution is 5.79. The molecule has 0 unspecified atom stereocenters. The maximum Gasteiger partial charge on any atom is 0.410 e. The second-order valence-electron chi connectivity index (χ2n) is 6.47. The summed E-state index contributed by atoms with van der Waals surface area (Å²) in [6.45, 7) is 6.44. The molecule has 1 rings (SSSR count). The van der Waals surface area contributed by atoms with Crippen LogP contribution < -0.4 is 0 Å². The van der Waals surface area contributed by atoms with Crippen LogP contribution in [0.4, 0.5) is 4.79 Å². The first-order chi connectivity index (χ1) is 8.94. The van der Waals surface area contributed by atoms with E-state index in [1.165, 1.54) is 11.8 Å². The van der Waals surface area contributed by atoms with E-state index in [0.717, 1.165) is 0 Å². The quantitative estimate of drug-likeness (QED) is 0.796. The van der Waals surface area contributed by atoms with E-state index in [2.05, 4.69) is 0 Å². The lowest BCUT2D eigenvalue weighted by molar-refractivity contribution is -0.156. The van der Waals surface area contributed by atoms with E-state index < -0.39 is 35.0 Å². The molecule has 0 aromatic heterocycles. The molecule has 20 heavy (non-hydrogen) atoms. The van der Waals surface area contributed by atoms with Crippen LogP contribution >= 0.6 is 0 Å². The molecule has 114 valence electrons. The molecule has 2 atom stereocenters. The number of aliphatic carboxylic acids is 2. The number of hydrogen-bond donors (Lipinski definition) is 2. The minimum absolute atomic E-state index is 0.00301. The van der Waals surface area contributed by atoms with Crippen LogP contribution in [0.25, 0.3) is 0 Å². The van der Waals surface area contributed by atoms with Gasteiger partial charge >= 0.3 is 18.0 Å². The van der Waals surface area contributed by atoms with Crippen molar-refractivity contribution in [3.05, 3.63) is 0 Å². The molecule has 7 heteroatoms. The van der Waals surface area contributed by atoms with E-state index >= 15 is 0 Å². The smallest absolute Gasteiger partial charge is 0.410 e. The average Bonchev–Trinajstić information content (AvgIpc) is 2.25. The highest BCUT2D eigenvalue weighted by atomic mass is 16.6. The van der Waals surface area contributed by atoms with Crippen molar-refractivity contribution < 1.29 is 29.3 Å². The molecule has 2 N–H and O–H groups in total. The number of carboxylic acid groups (broad SMARTS) is 2. The van der Waals surface area contributed by atoms with Crippen molar-refractivity contribution in [1.82, 2.24) is 4.90 Å². The zero-order valence-electron chi connectivity index (χ0n) is 12.2. The molecule has 1 amide bonds. The fraction of sp³-hybridized carbons (Fsp3) is 0.769. The fourth-order valence-electron chi connectivity index (χ4n) is 2.21. The van der Waals surface area contributed by atoms with Crippen molar-refractivity contribution in [2.45, 2.75) is 39.7 Å². The number of carbonyl (C=O) groups is 3. The maximum absolute atomic E-state index is 12.0. The Morgan fingerprint density at radius 1 is 1.25 bits per heavy atom. The molecule has 0 radical (unpaired) electrons. The van der Waals surface area contributed by atoms with Crippen molar-refractivity contribution in [3.8, 4) is 0 Å². The van der Waals surface area contributed by atoms with Crippen molar-refractivity contribution in [2.75, 3.05) is 13.1 Å². The van der Waals surface area contributed by atoms with Crippen LogP contribution in [0.15, 0.2) is 0 Å². The van der Waals surface area contributed by atoms with Gasteiger partial charge in [-0.15, -0.1) is 0 Å². The number of piperidine rings is 1. The van der Waals surface area contributed by atoms with E-state index in [1.54, 1.807) is 20.8 Å². The Bertz CT molecular complexity index is 427. The monoisotopic (exact) mass is 287 g/mol. The van der Waals surface area contributed by atoms with Gasteiger partial charge in [-0.25, -0.2) is 4.79 Å². The average molecular weight is 287 g/mol. The Kier molecular flexibility index (Phi) is 4.31. The van der Waals surface area contributed by atoms with Gasteiger partial charge in [0.2, 0.25) is 0 Å². The summed E-state index contributed by atoms with van der Waals surface area (Å²) in [6, 6.07) is 0. The van der Waals surface area contributed by atoms with E-state index in [9.17, 15) is 19.5 Å². The van der Waals surface area contributed by atoms with Crippen LogP contribution in [0, 0.1) is 11.3 Å². The van der Waals surface area contributed by atoms with Gasteiger partial charge in [0.1, 0.15) is 5.60 Å². The second-order valence-corrected chi connectivity index (χ2v) is 6.47. The molecule has 0 bridgehead atoms. The topological polar surface area (TPSA) is 104 Å². The van der Waals surface area contributed by atoms with Gasteiger partial charge < -0.3 is 19.8 Å². The molecule has 0 aliphatic carbocycles. The van der Waals surface area contributed by atoms with E-state index in [-0.39, 0.29) is 19.5 Å². The Morgan fingerprint density at radius 2 is 1.80 bits per heavy atom. The Labute approximate surface area is 117 Å². The van der Waals surface area contributed by atoms with Gasteiger partial charge in [-0.3, -0.25) is 9.59 Å². The Hall–Kier alpha value is -1.79. The normalized spacial score (nSPS) is 27.0. The fourth-order valence-corrected chi connectivity index (χ4v) is 2.21. The SMILES string of the molecule is CC(C)(C)OC(=O)N1C[C@@H](C(=O)O)C[C@@](C)(C(=O)O)C1. The second kappa shape index (κ2) is 5.30. The van der Waals surface area contributed by atoms with E-state index in [4.69, 9.17) is 9.84 Å². The zero-order chi connectivity index (χ0) is 15.7. The molecular formula is C13H21NO6. The molecule has 7 nitrogen and oxygen atoms in total. The van der Waals surface area contributed by atoms with Crippen molar-refractivity contribution in [2.24, 2.45) is 11.3 Å². The minimum atomic E-state index is -1.28. The number of likely N-dealkylation sites (tertiary alicyclic amines) is 1. The highest BCUT2D eigenvalue weighted by Crippen LogP contribution is 2.34. The third-order valence-corrected chi connectivity index (χ3v) is 3.19. The lowest BCUT2D eigenvalue weighted by atomic mass is 9.77.